The number of hydrogen-bond acceptors (Lipinski definition) is 7. The molecule has 0 aliphatic carbocycles. The number of nitrogens with zero attached hydrogens (tertiary/aromatic N) is 6. The van der Waals surface area contributed by atoms with Crippen LogP contribution in [0.15, 0.2) is 79.8 Å². The number of aromatic amines is 2. The summed E-state index contributed by atoms with van der Waals surface area (Å²) in [7, 11) is 0. The van der Waals surface area contributed by atoms with Crippen LogP contribution in [-0.4, -0.2) is 40.1 Å². The zero-order valence-corrected chi connectivity index (χ0v) is 20.5. The molecule has 0 radical (unpaired) electrons. The molecule has 0 aliphatic heterocycles. The van der Waals surface area contributed by atoms with Gasteiger partial charge in [-0.2, -0.15) is 5.10 Å². The number of nitrogens with one attached hydrogen (secondary N) is 3. The molecule has 0 aliphatic rings. The van der Waals surface area contributed by atoms with Crippen molar-refractivity contribution in [1.82, 2.24) is 40.1 Å². The smallest absolute Gasteiger partial charge is 0.181 e. The largest absolute Gasteiger partial charge is 0.358 e. The molecule has 0 unspecified atom stereocenters. The molecule has 0 atom stereocenters. The molecule has 182 valence electrons. The van der Waals surface area contributed by atoms with E-state index in [0.29, 0.717) is 23.0 Å². The fourth-order valence-corrected chi connectivity index (χ4v) is 4.45. The molecule has 0 bridgehead atoms. The quantitative estimate of drug-likeness (QED) is 0.253. The van der Waals surface area contributed by atoms with Crippen LogP contribution in [0.3, 0.4) is 0 Å². The first-order chi connectivity index (χ1) is 18.0. The van der Waals surface area contributed by atoms with Gasteiger partial charge in [-0.15, -0.1) is 0 Å². The highest BCUT2D eigenvalue weighted by atomic mass is 15.2. The topological polar surface area (TPSA) is 121 Å². The van der Waals surface area contributed by atoms with Gasteiger partial charge in [-0.25, -0.2) is 15.0 Å². The maximum absolute atomic E-state index is 4.75. The molecular weight excluding hydrogens is 462 g/mol. The van der Waals surface area contributed by atoms with Crippen LogP contribution in [0, 0.1) is 5.92 Å². The molecule has 0 aromatic carbocycles. The Morgan fingerprint density at radius 2 is 1.76 bits per heavy atom. The van der Waals surface area contributed by atoms with Gasteiger partial charge >= 0.3 is 0 Å². The van der Waals surface area contributed by atoms with Gasteiger partial charge in [-0.3, -0.25) is 15.1 Å². The van der Waals surface area contributed by atoms with E-state index in [1.165, 1.54) is 0 Å². The SMILES string of the molecule is C=C(CC(C)C)Nc1cncc(-c2cnc3n[nH]c(-c4nc5nccc(-c6ccncc6)c5[nH]4)c3c2)c1. The number of aromatic nitrogens is 8. The van der Waals surface area contributed by atoms with Crippen molar-refractivity contribution >= 4 is 27.9 Å². The van der Waals surface area contributed by atoms with Crippen molar-refractivity contribution in [2.45, 2.75) is 20.3 Å². The number of H-pyrrole nitrogens is 2. The summed E-state index contributed by atoms with van der Waals surface area (Å²) in [6, 6.07) is 10.00. The third kappa shape index (κ3) is 4.42. The molecule has 6 aromatic heterocycles. The van der Waals surface area contributed by atoms with E-state index in [0.717, 1.165) is 56.7 Å². The average molecular weight is 488 g/mol. The second-order valence-electron chi connectivity index (χ2n) is 9.36. The lowest BCUT2D eigenvalue weighted by molar-refractivity contribution is 0.645. The van der Waals surface area contributed by atoms with Crippen molar-refractivity contribution in [3.63, 3.8) is 0 Å². The van der Waals surface area contributed by atoms with Gasteiger partial charge in [0.1, 0.15) is 5.69 Å². The number of anilines is 1. The summed E-state index contributed by atoms with van der Waals surface area (Å²) < 4.78 is 0. The van der Waals surface area contributed by atoms with Crippen LogP contribution in [0.1, 0.15) is 20.3 Å². The molecule has 0 saturated heterocycles. The maximum atomic E-state index is 4.75. The third-order valence-electron chi connectivity index (χ3n) is 6.08. The van der Waals surface area contributed by atoms with Crippen LogP contribution >= 0.6 is 0 Å². The van der Waals surface area contributed by atoms with Crippen molar-refractivity contribution in [3.8, 4) is 33.8 Å². The van der Waals surface area contributed by atoms with E-state index in [-0.39, 0.29) is 0 Å². The van der Waals surface area contributed by atoms with Crippen molar-refractivity contribution in [2.75, 3.05) is 5.32 Å². The van der Waals surface area contributed by atoms with Crippen molar-refractivity contribution in [2.24, 2.45) is 5.92 Å². The van der Waals surface area contributed by atoms with E-state index in [2.05, 4.69) is 66.9 Å². The molecule has 0 fully saturated rings. The van der Waals surface area contributed by atoms with E-state index in [1.54, 1.807) is 31.0 Å². The summed E-state index contributed by atoms with van der Waals surface area (Å²) in [5, 5.41) is 11.7. The summed E-state index contributed by atoms with van der Waals surface area (Å²) in [5.41, 5.74) is 8.58. The molecule has 9 heteroatoms. The molecule has 6 aromatic rings. The van der Waals surface area contributed by atoms with E-state index in [9.17, 15) is 0 Å². The minimum Gasteiger partial charge on any atom is -0.358 e. The Labute approximate surface area is 213 Å². The molecule has 6 rings (SSSR count). The van der Waals surface area contributed by atoms with Gasteiger partial charge in [0.2, 0.25) is 0 Å². The number of imidazole rings is 1. The third-order valence-corrected chi connectivity index (χ3v) is 6.08. The average Bonchev–Trinajstić information content (AvgIpc) is 3.52. The Kier molecular flexibility index (Phi) is 5.65. The highest BCUT2D eigenvalue weighted by Gasteiger charge is 2.16. The molecule has 3 N–H and O–H groups in total. The number of fused-ring (bicyclic) bond motifs is 2. The predicted octanol–water partition coefficient (Wildman–Crippen LogP) is 5.99. The molecule has 0 saturated carbocycles. The summed E-state index contributed by atoms with van der Waals surface area (Å²) in [5.74, 6) is 1.17. The first-order valence-corrected chi connectivity index (χ1v) is 12.0. The Hall–Kier alpha value is -4.92. The van der Waals surface area contributed by atoms with Gasteiger partial charge in [-0.1, -0.05) is 20.4 Å². The van der Waals surface area contributed by atoms with Gasteiger partial charge in [-0.05, 0) is 48.2 Å². The standard InChI is InChI=1S/C28H25N9/c1-16(2)10-17(3)33-21-11-19(13-30-15-21)20-12-23-25(36-37-26(23)32-14-20)28-34-24-22(6-9-31-27(24)35-28)18-4-7-29-8-5-18/h4-9,11-16,33H,3,10H2,1-2H3,(H,31,34,35)(H,32,36,37). The summed E-state index contributed by atoms with van der Waals surface area (Å²) in [6.45, 7) is 8.47. The second-order valence-corrected chi connectivity index (χ2v) is 9.36. The lowest BCUT2D eigenvalue weighted by Crippen LogP contribution is -2.02. The Balaban J connectivity index is 1.38. The Morgan fingerprint density at radius 1 is 0.919 bits per heavy atom. The highest BCUT2D eigenvalue weighted by molar-refractivity contribution is 5.96. The second kappa shape index (κ2) is 9.27. The Bertz CT molecular complexity index is 1730. The normalized spacial score (nSPS) is 11.4. The number of allylic oxidation sites excluding steroid dienone is 1. The van der Waals surface area contributed by atoms with Gasteiger partial charge in [0.25, 0.3) is 0 Å². The van der Waals surface area contributed by atoms with Crippen LogP contribution in [0.4, 0.5) is 5.69 Å². The molecule has 37 heavy (non-hydrogen) atoms. The maximum Gasteiger partial charge on any atom is 0.181 e. The molecule has 0 amide bonds. The molecule has 9 nitrogen and oxygen atoms in total. The first kappa shape index (κ1) is 22.5. The number of pyridine rings is 4. The van der Waals surface area contributed by atoms with Crippen LogP contribution < -0.4 is 5.32 Å². The van der Waals surface area contributed by atoms with Gasteiger partial charge in [0.05, 0.1) is 22.8 Å². The van der Waals surface area contributed by atoms with Crippen LogP contribution in [0.5, 0.6) is 0 Å². The molecular formula is C28H25N9. The highest BCUT2D eigenvalue weighted by Crippen LogP contribution is 2.32. The fraction of sp³-hybridized carbons (Fsp3) is 0.143. The van der Waals surface area contributed by atoms with Crippen molar-refractivity contribution in [1.29, 1.82) is 0 Å². The summed E-state index contributed by atoms with van der Waals surface area (Å²) in [4.78, 5) is 25.8. The van der Waals surface area contributed by atoms with Crippen LogP contribution in [0.2, 0.25) is 0 Å². The van der Waals surface area contributed by atoms with Crippen molar-refractivity contribution < 1.29 is 0 Å². The predicted molar refractivity (Wildman–Crippen MR) is 145 cm³/mol. The van der Waals surface area contributed by atoms with Crippen LogP contribution in [-0.2, 0) is 0 Å². The van der Waals surface area contributed by atoms with E-state index >= 15 is 0 Å². The fourth-order valence-electron chi connectivity index (χ4n) is 4.45. The monoisotopic (exact) mass is 487 g/mol. The molecule has 0 spiro atoms. The summed E-state index contributed by atoms with van der Waals surface area (Å²) >= 11 is 0. The lowest BCUT2D eigenvalue weighted by Gasteiger charge is -2.12. The zero-order chi connectivity index (χ0) is 25.4. The van der Waals surface area contributed by atoms with E-state index < -0.39 is 0 Å². The molecule has 6 heterocycles. The van der Waals surface area contributed by atoms with Gasteiger partial charge in [0.15, 0.2) is 17.1 Å². The van der Waals surface area contributed by atoms with Gasteiger partial charge in [0, 0.05) is 53.4 Å². The van der Waals surface area contributed by atoms with E-state index in [4.69, 9.17) is 4.98 Å². The minimum atomic E-state index is 0.525. The first-order valence-electron chi connectivity index (χ1n) is 12.0. The van der Waals surface area contributed by atoms with Gasteiger partial charge < -0.3 is 10.3 Å². The van der Waals surface area contributed by atoms with Crippen LogP contribution in [0.25, 0.3) is 56.0 Å². The minimum absolute atomic E-state index is 0.525. The number of hydrogen-bond donors (Lipinski definition) is 3. The Morgan fingerprint density at radius 3 is 2.59 bits per heavy atom. The zero-order valence-electron chi connectivity index (χ0n) is 20.5. The number of rotatable bonds is 7. The van der Waals surface area contributed by atoms with Crippen molar-refractivity contribution in [3.05, 3.63) is 79.8 Å². The summed E-state index contributed by atoms with van der Waals surface area (Å²) in [6.07, 6.45) is 11.6. The van der Waals surface area contributed by atoms with E-state index in [1.807, 2.05) is 30.5 Å². The lowest BCUT2D eigenvalue weighted by atomic mass is 10.1.